The number of aldehydes is 1. The molecule has 58 heavy (non-hydrogen) atoms. The van der Waals surface area contributed by atoms with E-state index < -0.39 is 61.1 Å². The SMILES string of the molecule is COc1c(F)cc(B(O)O)cc1F.FC(F)Cn1ccc(Br)n1.N=C(Br)/C=C\N.NC(=CC=NCC(F)F)c1cc(F)c(C=O)c(F)c1.PP(P)P(P(P)P)P(P)P. The maximum Gasteiger partial charge on any atom is 0.488 e. The van der Waals surface area contributed by atoms with Crippen LogP contribution in [0.1, 0.15) is 15.9 Å². The number of rotatable bonds is 13. The highest BCUT2D eigenvalue weighted by Crippen LogP contribution is 3.10. The zero-order valence-corrected chi connectivity index (χ0v) is 43.4. The predicted octanol–water partition coefficient (Wildman–Crippen LogP) is 10.2. The normalized spacial score (nSPS) is 11.3. The monoisotopic (exact) mass is 1140 g/mol. The number of carbonyl (C=O) groups is 1. The number of aromatic nitrogens is 2. The summed E-state index contributed by atoms with van der Waals surface area (Å²) in [6.07, 6.45) is 1.54. The number of hydrogen-bond acceptors (Lipinski definition) is 9. The number of nitrogens with one attached hydrogen (secondary N) is 1. The molecular weight excluding hydrogens is 1100 g/mol. The molecule has 7 N–H and O–H groups in total. The van der Waals surface area contributed by atoms with Gasteiger partial charge in [-0.05, 0) is 114 Å². The van der Waals surface area contributed by atoms with Gasteiger partial charge in [0.15, 0.2) is 23.7 Å². The Morgan fingerprint density at radius 1 is 0.983 bits per heavy atom. The minimum atomic E-state index is -2.58. The molecule has 0 radical (unpaired) electrons. The molecule has 0 saturated carbocycles. The molecule has 0 aliphatic heterocycles. The van der Waals surface area contributed by atoms with E-state index in [1.165, 1.54) is 23.2 Å². The molecule has 3 rings (SSSR count). The first-order chi connectivity index (χ1) is 26.9. The van der Waals surface area contributed by atoms with Crippen LogP contribution < -0.4 is 21.7 Å². The van der Waals surface area contributed by atoms with Crippen molar-refractivity contribution < 1.29 is 54.7 Å². The van der Waals surface area contributed by atoms with Crippen LogP contribution in [0.3, 0.4) is 0 Å². The molecule has 2 aromatic carbocycles. The fourth-order valence-corrected chi connectivity index (χ4v) is 90.2. The minimum absolute atomic E-state index is 0.0101. The lowest BCUT2D eigenvalue weighted by Gasteiger charge is -2.27. The number of ether oxygens (including phenoxy) is 1. The van der Waals surface area contributed by atoms with Crippen molar-refractivity contribution in [3.05, 3.63) is 93.9 Å². The Morgan fingerprint density at radius 2 is 1.48 bits per heavy atom. The third-order valence-electron chi connectivity index (χ3n) is 5.45. The van der Waals surface area contributed by atoms with Gasteiger partial charge in [0.1, 0.15) is 22.8 Å². The molecule has 0 amide bonds. The van der Waals surface area contributed by atoms with E-state index in [0.29, 0.717) is 9.22 Å². The number of alkyl halides is 4. The van der Waals surface area contributed by atoms with Gasteiger partial charge in [-0.2, -0.15) is 5.10 Å². The van der Waals surface area contributed by atoms with Crippen LogP contribution in [0.5, 0.6) is 5.75 Å². The lowest BCUT2D eigenvalue weighted by atomic mass is 9.80. The van der Waals surface area contributed by atoms with Crippen molar-refractivity contribution in [2.45, 2.75) is 19.4 Å². The van der Waals surface area contributed by atoms with E-state index in [1.807, 2.05) is 0 Å². The van der Waals surface area contributed by atoms with Crippen LogP contribution >= 0.6 is 113 Å². The van der Waals surface area contributed by atoms with Gasteiger partial charge in [0.25, 0.3) is 12.9 Å². The van der Waals surface area contributed by atoms with Gasteiger partial charge in [0.2, 0.25) is 0 Å². The van der Waals surface area contributed by atoms with Crippen molar-refractivity contribution >= 4 is 149 Å². The third-order valence-corrected chi connectivity index (χ3v) is 55.7. The van der Waals surface area contributed by atoms with Crippen LogP contribution in [0.2, 0.25) is 0 Å². The molecular formula is C27H39BBr2F8N6O4P10. The van der Waals surface area contributed by atoms with Gasteiger partial charge in [-0.25, -0.2) is 35.1 Å². The molecule has 6 atom stereocenters. The van der Waals surface area contributed by atoms with Gasteiger partial charge in [-0.15, -0.1) is 53.6 Å². The van der Waals surface area contributed by atoms with Gasteiger partial charge in [0.05, 0.1) is 23.8 Å². The lowest BCUT2D eigenvalue weighted by Crippen LogP contribution is -2.30. The molecule has 0 spiro atoms. The van der Waals surface area contributed by atoms with Crippen molar-refractivity contribution in [3.8, 4) is 5.75 Å². The highest BCUT2D eigenvalue weighted by atomic mass is 79.9. The second kappa shape index (κ2) is 33.7. The second-order valence-corrected chi connectivity index (χ2v) is 48.0. The average Bonchev–Trinajstić information content (AvgIpc) is 3.50. The lowest BCUT2D eigenvalue weighted by molar-refractivity contribution is 0.111. The summed E-state index contributed by atoms with van der Waals surface area (Å²) in [7, 11) is 16.9. The van der Waals surface area contributed by atoms with Crippen LogP contribution in [-0.4, -0.2) is 70.6 Å². The molecule has 0 fully saturated rings. The summed E-state index contributed by atoms with van der Waals surface area (Å²) in [5, 5.41) is 27.6. The van der Waals surface area contributed by atoms with Gasteiger partial charge in [-0.1, -0.05) is 0 Å². The van der Waals surface area contributed by atoms with Gasteiger partial charge < -0.3 is 26.3 Å². The first-order valence-corrected chi connectivity index (χ1v) is 33.6. The highest BCUT2D eigenvalue weighted by molar-refractivity contribution is 9.18. The number of hydrogen-bond donors (Lipinski definition) is 5. The van der Waals surface area contributed by atoms with Crippen molar-refractivity contribution in [1.82, 2.24) is 9.78 Å². The Hall–Kier alpha value is 0.225. The maximum absolute atomic E-state index is 13.3. The number of aliphatic imine (C=N–C) groups is 1. The average molecular weight is 1140 g/mol. The standard InChI is InChI=1S/C12H10F4N2O.C7H7BF2O3.C5H5BrF2N2.C3H5BrN2.H12P10/c13-9-3-7(4-10(14)8(9)6-19)11(17)1-2-18-5-12(15)16;1-13-7-5(9)2-4(8(11)12)3-6(7)10;6-4-1-2-10(9-4)3-5(7)8;4-3(6)1-2-5;1-7(2)10(8(3)4)9(5)6/h1-4,6,12H,5,17H2;2-3,11-12H,1H3;1-2,5H,3H2;1-2,6H,5H2;1-6H2/b;;;2-1-,6-3?;. The van der Waals surface area contributed by atoms with Crippen LogP contribution in [0.15, 0.2) is 64.5 Å². The number of halogens is 10. The fourth-order valence-electron chi connectivity index (χ4n) is 3.18. The zero-order valence-electron chi connectivity index (χ0n) is 29.7. The smallest absolute Gasteiger partial charge is 0.488 e. The topological polar surface area (TPSA) is 173 Å². The Kier molecular flexibility index (Phi) is 35.1. The summed E-state index contributed by atoms with van der Waals surface area (Å²) in [6.45, 7) is -0.402. The summed E-state index contributed by atoms with van der Waals surface area (Å²) < 4.78 is 106. The molecule has 1 aromatic heterocycles. The van der Waals surface area contributed by atoms with Crippen LogP contribution in [0.4, 0.5) is 35.1 Å². The number of methoxy groups -OCH3 is 1. The van der Waals surface area contributed by atoms with Crippen LogP contribution in [-0.2, 0) is 6.54 Å². The van der Waals surface area contributed by atoms with E-state index in [1.54, 1.807) is 6.07 Å². The van der Waals surface area contributed by atoms with Gasteiger partial charge in [-0.3, -0.25) is 19.9 Å². The summed E-state index contributed by atoms with van der Waals surface area (Å²) in [5.41, 5.74) is 9.36. The fraction of sp³-hybridized carbons (Fsp3) is 0.185. The van der Waals surface area contributed by atoms with E-state index in [9.17, 15) is 39.9 Å². The number of benzene rings is 2. The Balaban J connectivity index is 0. The van der Waals surface area contributed by atoms with Gasteiger partial charge >= 0.3 is 7.12 Å². The van der Waals surface area contributed by atoms with Crippen molar-refractivity contribution in [1.29, 1.82) is 5.41 Å². The molecule has 3 aromatic rings. The van der Waals surface area contributed by atoms with E-state index in [0.717, 1.165) is 43.7 Å². The molecule has 0 saturated heterocycles. The predicted molar refractivity (Wildman–Crippen MR) is 258 cm³/mol. The number of nitrogens with zero attached hydrogens (tertiary/aromatic N) is 3. The van der Waals surface area contributed by atoms with Crippen molar-refractivity contribution in [2.24, 2.45) is 16.5 Å². The summed E-state index contributed by atoms with van der Waals surface area (Å²) in [5.74, 6) is -4.57. The van der Waals surface area contributed by atoms with E-state index in [2.05, 4.69) is 100 Å². The molecule has 324 valence electrons. The zero-order chi connectivity index (χ0) is 45.3. The van der Waals surface area contributed by atoms with E-state index in [-0.39, 0.29) is 57.5 Å². The molecule has 31 heteroatoms. The third kappa shape index (κ3) is 27.3. The Bertz CT molecular complexity index is 1730. The van der Waals surface area contributed by atoms with Crippen LogP contribution in [0, 0.1) is 28.7 Å². The quantitative estimate of drug-likeness (QED) is 0.0373. The van der Waals surface area contributed by atoms with E-state index >= 15 is 0 Å². The number of allylic oxidation sites excluding steroid dienone is 2. The van der Waals surface area contributed by atoms with Gasteiger partial charge in [0, 0.05) is 23.7 Å². The molecule has 6 unspecified atom stereocenters. The molecule has 0 bridgehead atoms. The summed E-state index contributed by atoms with van der Waals surface area (Å²) in [6, 6.07) is 4.96. The highest BCUT2D eigenvalue weighted by Gasteiger charge is 2.21. The summed E-state index contributed by atoms with van der Waals surface area (Å²) >= 11 is 5.90. The Morgan fingerprint density at radius 3 is 1.78 bits per heavy atom. The Labute approximate surface area is 365 Å². The summed E-state index contributed by atoms with van der Waals surface area (Å²) in [4.78, 5) is 13.7. The first kappa shape index (κ1) is 60.3. The number of nitrogens with two attached hydrogens (primary N) is 2. The van der Waals surface area contributed by atoms with E-state index in [4.69, 9.17) is 26.9 Å². The molecule has 10 nitrogen and oxygen atoms in total. The minimum Gasteiger partial charge on any atom is -0.491 e. The second-order valence-electron chi connectivity index (χ2n) is 9.76. The first-order valence-electron chi connectivity index (χ1n) is 14.8. The molecule has 0 aliphatic rings. The molecule has 1 heterocycles. The van der Waals surface area contributed by atoms with Crippen LogP contribution in [0.25, 0.3) is 5.70 Å². The number of carbonyl (C=O) groups excluding carboxylic acids is 1. The van der Waals surface area contributed by atoms with Crippen molar-refractivity contribution in [3.63, 3.8) is 0 Å². The maximum atomic E-state index is 13.3. The van der Waals surface area contributed by atoms with Crippen molar-refractivity contribution in [2.75, 3.05) is 13.7 Å². The largest absolute Gasteiger partial charge is 0.491 e. The molecule has 0 aliphatic carbocycles.